The largest absolute Gasteiger partial charge is 0.469 e. The molecule has 0 saturated carbocycles. The minimum atomic E-state index is -4.76. The Morgan fingerprint density at radius 2 is 0.741 bits per heavy atom. The van der Waals surface area contributed by atoms with Crippen LogP contribution in [0.1, 0.15) is 271 Å². The van der Waals surface area contributed by atoms with E-state index in [1.165, 1.54) is 199 Å². The smallest absolute Gasteiger partial charge is 0.462 e. The number of ether oxygens (including phenoxy) is 2. The number of rotatable bonds is 47. The molecule has 0 aromatic carbocycles. The van der Waals surface area contributed by atoms with Crippen molar-refractivity contribution in [3.63, 3.8) is 0 Å². The molecule has 0 unspecified atom stereocenters. The molecule has 344 valence electrons. The zero-order chi connectivity index (χ0) is 42.5. The summed E-state index contributed by atoms with van der Waals surface area (Å²) in [7, 11) is -4.76. The van der Waals surface area contributed by atoms with Gasteiger partial charge in [0, 0.05) is 12.8 Å². The molecule has 8 nitrogen and oxygen atoms in total. The SMILES string of the molecule is CCCCCCCCCCCCCCCCCCCC/C=C/CCCC(=O)OC[C@H](COP(=O)(O)O)OC(=O)CCCCCCCCCCCCCCCCCCC. The van der Waals surface area contributed by atoms with E-state index in [9.17, 15) is 14.2 Å². The van der Waals surface area contributed by atoms with E-state index in [0.717, 1.165) is 32.1 Å². The third kappa shape index (κ3) is 47.5. The average molecular weight is 843 g/mol. The van der Waals surface area contributed by atoms with Crippen LogP contribution in [0.25, 0.3) is 0 Å². The fourth-order valence-corrected chi connectivity index (χ4v) is 7.92. The summed E-state index contributed by atoms with van der Waals surface area (Å²) in [4.78, 5) is 43.0. The van der Waals surface area contributed by atoms with E-state index >= 15 is 0 Å². The number of carbonyl (C=O) groups excluding carboxylic acids is 2. The van der Waals surface area contributed by atoms with Gasteiger partial charge in [0.15, 0.2) is 6.10 Å². The van der Waals surface area contributed by atoms with E-state index in [2.05, 4.69) is 30.5 Å². The number of unbranched alkanes of at least 4 members (excludes halogenated alkanes) is 35. The highest BCUT2D eigenvalue weighted by atomic mass is 31.2. The minimum absolute atomic E-state index is 0.213. The van der Waals surface area contributed by atoms with Gasteiger partial charge in [-0.25, -0.2) is 4.57 Å². The summed E-state index contributed by atoms with van der Waals surface area (Å²) in [5.74, 6) is -0.904. The molecule has 0 heterocycles. The number of hydrogen-bond donors (Lipinski definition) is 2. The minimum Gasteiger partial charge on any atom is -0.462 e. The highest BCUT2D eigenvalue weighted by molar-refractivity contribution is 7.46. The van der Waals surface area contributed by atoms with Crippen LogP contribution < -0.4 is 0 Å². The van der Waals surface area contributed by atoms with Crippen LogP contribution in [0.15, 0.2) is 12.2 Å². The number of phosphoric acid groups is 1. The average Bonchev–Trinajstić information content (AvgIpc) is 3.20. The molecule has 0 amide bonds. The van der Waals surface area contributed by atoms with Crippen molar-refractivity contribution in [3.05, 3.63) is 12.2 Å². The zero-order valence-corrected chi connectivity index (χ0v) is 39.1. The lowest BCUT2D eigenvalue weighted by Crippen LogP contribution is -2.29. The van der Waals surface area contributed by atoms with Crippen LogP contribution in [-0.2, 0) is 28.2 Å². The first-order valence-corrected chi connectivity index (χ1v) is 26.5. The normalized spacial score (nSPS) is 12.4. The maximum Gasteiger partial charge on any atom is 0.469 e. The van der Waals surface area contributed by atoms with Gasteiger partial charge in [0.1, 0.15) is 6.61 Å². The van der Waals surface area contributed by atoms with Crippen LogP contribution in [0, 0.1) is 0 Å². The Balaban J connectivity index is 3.80. The molecule has 0 saturated heterocycles. The summed E-state index contributed by atoms with van der Waals surface area (Å²) < 4.78 is 26.5. The van der Waals surface area contributed by atoms with Crippen LogP contribution >= 0.6 is 7.82 Å². The molecule has 0 rings (SSSR count). The quantitative estimate of drug-likeness (QED) is 0.0269. The molecule has 9 heteroatoms. The number of allylic oxidation sites excluding steroid dienone is 2. The van der Waals surface area contributed by atoms with E-state index in [0.29, 0.717) is 12.8 Å². The summed E-state index contributed by atoms with van der Waals surface area (Å²) >= 11 is 0. The third-order valence-corrected chi connectivity index (χ3v) is 11.8. The van der Waals surface area contributed by atoms with Crippen molar-refractivity contribution in [2.45, 2.75) is 277 Å². The lowest BCUT2D eigenvalue weighted by atomic mass is 10.0. The predicted octanol–water partition coefficient (Wildman–Crippen LogP) is 15.8. The van der Waals surface area contributed by atoms with Gasteiger partial charge in [-0.1, -0.05) is 238 Å². The summed E-state index contributed by atoms with van der Waals surface area (Å²) in [6, 6.07) is 0. The first kappa shape index (κ1) is 56.8. The van der Waals surface area contributed by atoms with Crippen LogP contribution in [-0.4, -0.2) is 41.0 Å². The number of phosphoric ester groups is 1. The van der Waals surface area contributed by atoms with Crippen molar-refractivity contribution >= 4 is 19.8 Å². The standard InChI is InChI=1S/C49H95O8P/c1-3-5-7-9-11-13-15-17-19-21-22-23-24-25-26-28-29-31-33-35-37-39-41-43-48(50)55-45-47(46-56-58(52,53)54)57-49(51)44-42-40-38-36-34-32-30-27-20-18-16-14-12-10-8-6-4-2/h35,37,47H,3-34,36,38-46H2,1-2H3,(H2,52,53,54)/b37-35+/t47-/m1/s1. The Morgan fingerprint density at radius 3 is 1.10 bits per heavy atom. The molecular weight excluding hydrogens is 748 g/mol. The van der Waals surface area contributed by atoms with Crippen LogP contribution in [0.3, 0.4) is 0 Å². The van der Waals surface area contributed by atoms with Gasteiger partial charge in [-0.05, 0) is 32.1 Å². The lowest BCUT2D eigenvalue weighted by Gasteiger charge is -2.18. The van der Waals surface area contributed by atoms with Gasteiger partial charge in [-0.3, -0.25) is 14.1 Å². The molecule has 0 bridgehead atoms. The van der Waals surface area contributed by atoms with Crippen molar-refractivity contribution in [3.8, 4) is 0 Å². The highest BCUT2D eigenvalue weighted by Gasteiger charge is 2.23. The predicted molar refractivity (Wildman–Crippen MR) is 244 cm³/mol. The summed E-state index contributed by atoms with van der Waals surface area (Å²) in [5.41, 5.74) is 0. The van der Waals surface area contributed by atoms with Crippen LogP contribution in [0.2, 0.25) is 0 Å². The monoisotopic (exact) mass is 843 g/mol. The Morgan fingerprint density at radius 1 is 0.431 bits per heavy atom. The fraction of sp³-hybridized carbons (Fsp3) is 0.918. The Bertz CT molecular complexity index is 951. The molecule has 0 spiro atoms. The summed E-state index contributed by atoms with van der Waals surface area (Å²) in [6.45, 7) is 3.72. The zero-order valence-electron chi connectivity index (χ0n) is 38.2. The van der Waals surface area contributed by atoms with E-state index in [1.807, 2.05) is 0 Å². The van der Waals surface area contributed by atoms with Crippen molar-refractivity contribution in [2.24, 2.45) is 0 Å². The van der Waals surface area contributed by atoms with Gasteiger partial charge < -0.3 is 19.3 Å². The van der Waals surface area contributed by atoms with Gasteiger partial charge in [-0.2, -0.15) is 0 Å². The molecule has 0 radical (unpaired) electrons. The highest BCUT2D eigenvalue weighted by Crippen LogP contribution is 2.36. The second kappa shape index (κ2) is 45.3. The van der Waals surface area contributed by atoms with Crippen LogP contribution in [0.5, 0.6) is 0 Å². The first-order valence-electron chi connectivity index (χ1n) is 25.0. The Hall–Kier alpha value is -1.21. The molecule has 0 aromatic rings. The number of carbonyl (C=O) groups is 2. The molecule has 0 fully saturated rings. The van der Waals surface area contributed by atoms with Gasteiger partial charge in [0.25, 0.3) is 0 Å². The molecule has 0 aliphatic carbocycles. The number of hydrogen-bond acceptors (Lipinski definition) is 6. The van der Waals surface area contributed by atoms with Crippen molar-refractivity contribution in [1.82, 2.24) is 0 Å². The van der Waals surface area contributed by atoms with Gasteiger partial charge in [0.05, 0.1) is 6.61 Å². The molecule has 0 aliphatic heterocycles. The summed E-state index contributed by atoms with van der Waals surface area (Å²) in [5, 5.41) is 0. The van der Waals surface area contributed by atoms with Gasteiger partial charge in [-0.15, -0.1) is 0 Å². The van der Waals surface area contributed by atoms with E-state index in [4.69, 9.17) is 19.3 Å². The molecular formula is C49H95O8P. The van der Waals surface area contributed by atoms with Gasteiger partial charge in [0.2, 0.25) is 0 Å². The summed E-state index contributed by atoms with van der Waals surface area (Å²) in [6.07, 6.45) is 52.4. The van der Waals surface area contributed by atoms with Crippen molar-refractivity contribution < 1.29 is 37.9 Å². The van der Waals surface area contributed by atoms with E-state index in [1.54, 1.807) is 0 Å². The second-order valence-corrected chi connectivity index (χ2v) is 18.4. The topological polar surface area (TPSA) is 119 Å². The van der Waals surface area contributed by atoms with Crippen molar-refractivity contribution in [2.75, 3.05) is 13.2 Å². The second-order valence-electron chi connectivity index (χ2n) is 17.2. The third-order valence-electron chi connectivity index (χ3n) is 11.3. The molecule has 1 atom stereocenters. The van der Waals surface area contributed by atoms with Crippen LogP contribution in [0.4, 0.5) is 0 Å². The fourth-order valence-electron chi connectivity index (χ4n) is 7.56. The molecule has 2 N–H and O–H groups in total. The first-order chi connectivity index (χ1) is 28.3. The maximum absolute atomic E-state index is 12.4. The van der Waals surface area contributed by atoms with Gasteiger partial charge >= 0.3 is 19.8 Å². The Labute approximate surface area is 358 Å². The van der Waals surface area contributed by atoms with Crippen molar-refractivity contribution in [1.29, 1.82) is 0 Å². The molecule has 58 heavy (non-hydrogen) atoms. The lowest BCUT2D eigenvalue weighted by molar-refractivity contribution is -0.161. The molecule has 0 aromatic heterocycles. The Kier molecular flexibility index (Phi) is 44.4. The molecule has 0 aliphatic rings. The van der Waals surface area contributed by atoms with E-state index in [-0.39, 0.29) is 19.4 Å². The maximum atomic E-state index is 12.4. The number of esters is 2. The van der Waals surface area contributed by atoms with E-state index < -0.39 is 32.5 Å².